The third-order valence-electron chi connectivity index (χ3n) is 4.77. The minimum absolute atomic E-state index is 0.154. The van der Waals surface area contributed by atoms with Crippen molar-refractivity contribution in [2.45, 2.75) is 57.4 Å². The molecule has 0 aromatic carbocycles. The molecule has 0 spiro atoms. The summed E-state index contributed by atoms with van der Waals surface area (Å²) >= 11 is 1.73. The first-order valence-corrected chi connectivity index (χ1v) is 9.15. The van der Waals surface area contributed by atoms with Gasteiger partial charge in [-0.15, -0.1) is 11.3 Å². The first kappa shape index (κ1) is 15.0. The Bertz CT molecular complexity index is 463. The van der Waals surface area contributed by atoms with Gasteiger partial charge in [0.2, 0.25) is 0 Å². The first-order chi connectivity index (χ1) is 10.2. The molecule has 3 nitrogen and oxygen atoms in total. The largest absolute Gasteiger partial charge is 0.349 e. The zero-order valence-corrected chi connectivity index (χ0v) is 13.8. The van der Waals surface area contributed by atoms with Crippen molar-refractivity contribution in [3.63, 3.8) is 0 Å². The quantitative estimate of drug-likeness (QED) is 0.910. The predicted molar refractivity (Wildman–Crippen MR) is 88.2 cm³/mol. The number of amides is 1. The van der Waals surface area contributed by atoms with Crippen molar-refractivity contribution in [2.75, 3.05) is 20.1 Å². The van der Waals surface area contributed by atoms with Crippen LogP contribution in [0.15, 0.2) is 6.07 Å². The Labute approximate surface area is 131 Å². The highest BCUT2D eigenvalue weighted by Gasteiger charge is 2.21. The maximum atomic E-state index is 12.5. The third-order valence-corrected chi connectivity index (χ3v) is 6.01. The molecule has 1 aliphatic heterocycles. The molecule has 116 valence electrons. The second-order valence-corrected chi connectivity index (χ2v) is 7.66. The van der Waals surface area contributed by atoms with Gasteiger partial charge >= 0.3 is 0 Å². The van der Waals surface area contributed by atoms with E-state index >= 15 is 0 Å². The molecule has 1 aromatic rings. The lowest BCUT2D eigenvalue weighted by Crippen LogP contribution is -2.43. The Morgan fingerprint density at radius 1 is 1.19 bits per heavy atom. The van der Waals surface area contributed by atoms with Gasteiger partial charge in [0.25, 0.3) is 5.91 Å². The number of piperidine rings is 1. The Morgan fingerprint density at radius 2 is 1.90 bits per heavy atom. The SMILES string of the molecule is CN1CCC(NC(=O)c2cc3c(s2)CCCCCC3)CC1. The fraction of sp³-hybridized carbons (Fsp3) is 0.706. The molecule has 2 aliphatic rings. The highest BCUT2D eigenvalue weighted by molar-refractivity contribution is 7.14. The third kappa shape index (κ3) is 3.86. The minimum Gasteiger partial charge on any atom is -0.349 e. The van der Waals surface area contributed by atoms with Crippen LogP contribution >= 0.6 is 11.3 Å². The topological polar surface area (TPSA) is 32.3 Å². The molecule has 1 aromatic heterocycles. The Kier molecular flexibility index (Phi) is 4.96. The lowest BCUT2D eigenvalue weighted by atomic mass is 9.99. The number of rotatable bonds is 2. The maximum absolute atomic E-state index is 12.5. The number of carbonyl (C=O) groups excluding carboxylic acids is 1. The number of fused-ring (bicyclic) bond motifs is 1. The minimum atomic E-state index is 0.154. The van der Waals surface area contributed by atoms with Crippen molar-refractivity contribution in [3.05, 3.63) is 21.4 Å². The van der Waals surface area contributed by atoms with Crippen LogP contribution in [0.1, 0.15) is 58.6 Å². The van der Waals surface area contributed by atoms with Gasteiger partial charge in [-0.3, -0.25) is 4.79 Å². The number of hydrogen-bond acceptors (Lipinski definition) is 3. The van der Waals surface area contributed by atoms with E-state index in [4.69, 9.17) is 0 Å². The summed E-state index contributed by atoms with van der Waals surface area (Å²) in [6, 6.07) is 2.52. The molecule has 1 N–H and O–H groups in total. The van der Waals surface area contributed by atoms with Crippen molar-refractivity contribution < 1.29 is 4.79 Å². The van der Waals surface area contributed by atoms with Gasteiger partial charge in [0, 0.05) is 10.9 Å². The van der Waals surface area contributed by atoms with Gasteiger partial charge in [-0.05, 0) is 70.3 Å². The molecule has 0 atom stereocenters. The number of aryl methyl sites for hydroxylation is 2. The molecule has 2 heterocycles. The van der Waals surface area contributed by atoms with Crippen LogP contribution in [0.2, 0.25) is 0 Å². The van der Waals surface area contributed by atoms with Gasteiger partial charge in [0.05, 0.1) is 4.88 Å². The van der Waals surface area contributed by atoms with Gasteiger partial charge < -0.3 is 10.2 Å². The standard InChI is InChI=1S/C17H26N2OS/c1-19-10-8-14(9-11-19)18-17(20)16-12-13-6-4-2-3-5-7-15(13)21-16/h12,14H,2-11H2,1H3,(H,18,20). The van der Waals surface area contributed by atoms with E-state index in [1.807, 2.05) is 0 Å². The zero-order valence-electron chi connectivity index (χ0n) is 13.0. The molecule has 1 aliphatic carbocycles. The predicted octanol–water partition coefficient (Wildman–Crippen LogP) is 3.23. The zero-order chi connectivity index (χ0) is 14.7. The van der Waals surface area contributed by atoms with Gasteiger partial charge in [-0.25, -0.2) is 0 Å². The molecule has 21 heavy (non-hydrogen) atoms. The van der Waals surface area contributed by atoms with Gasteiger partial charge in [-0.2, -0.15) is 0 Å². The summed E-state index contributed by atoms with van der Waals surface area (Å²) in [6.45, 7) is 2.18. The summed E-state index contributed by atoms with van der Waals surface area (Å²) in [6.07, 6.45) is 9.72. The lowest BCUT2D eigenvalue weighted by Gasteiger charge is -2.29. The fourth-order valence-electron chi connectivity index (χ4n) is 3.37. The summed E-state index contributed by atoms with van der Waals surface area (Å²) in [4.78, 5) is 17.2. The number of hydrogen-bond donors (Lipinski definition) is 1. The Balaban J connectivity index is 1.63. The van der Waals surface area contributed by atoms with E-state index in [0.29, 0.717) is 6.04 Å². The highest BCUT2D eigenvalue weighted by atomic mass is 32.1. The summed E-state index contributed by atoms with van der Waals surface area (Å²) in [7, 11) is 2.15. The van der Waals surface area contributed by atoms with E-state index < -0.39 is 0 Å². The molecule has 0 bridgehead atoms. The van der Waals surface area contributed by atoms with Crippen LogP contribution < -0.4 is 5.32 Å². The normalized spacial score (nSPS) is 21.4. The summed E-state index contributed by atoms with van der Waals surface area (Å²) < 4.78 is 0. The average Bonchev–Trinajstić information content (AvgIpc) is 2.84. The summed E-state index contributed by atoms with van der Waals surface area (Å²) in [5, 5.41) is 3.24. The Hall–Kier alpha value is -0.870. The van der Waals surface area contributed by atoms with E-state index in [-0.39, 0.29) is 5.91 Å². The van der Waals surface area contributed by atoms with Crippen LogP contribution in [0.3, 0.4) is 0 Å². The van der Waals surface area contributed by atoms with Crippen molar-refractivity contribution in [1.82, 2.24) is 10.2 Å². The van der Waals surface area contributed by atoms with E-state index in [1.54, 1.807) is 11.3 Å². The van der Waals surface area contributed by atoms with E-state index in [1.165, 1.54) is 42.5 Å². The monoisotopic (exact) mass is 306 g/mol. The number of nitrogens with one attached hydrogen (secondary N) is 1. The van der Waals surface area contributed by atoms with Crippen LogP contribution in [0.4, 0.5) is 0 Å². The fourth-order valence-corrected chi connectivity index (χ4v) is 4.52. The van der Waals surface area contributed by atoms with Crippen LogP contribution in [0, 0.1) is 0 Å². The van der Waals surface area contributed by atoms with Crippen LogP contribution in [-0.2, 0) is 12.8 Å². The van der Waals surface area contributed by atoms with Crippen LogP contribution in [0.5, 0.6) is 0 Å². The molecule has 0 unspecified atom stereocenters. The number of carbonyl (C=O) groups is 1. The van der Waals surface area contributed by atoms with Crippen LogP contribution in [-0.4, -0.2) is 37.0 Å². The maximum Gasteiger partial charge on any atom is 0.261 e. The molecular formula is C17H26N2OS. The lowest BCUT2D eigenvalue weighted by molar-refractivity contribution is 0.0921. The molecule has 4 heteroatoms. The highest BCUT2D eigenvalue weighted by Crippen LogP contribution is 2.28. The number of nitrogens with zero attached hydrogens (tertiary/aromatic N) is 1. The van der Waals surface area contributed by atoms with Crippen molar-refractivity contribution >= 4 is 17.2 Å². The van der Waals surface area contributed by atoms with E-state index in [0.717, 1.165) is 37.2 Å². The van der Waals surface area contributed by atoms with Crippen molar-refractivity contribution in [2.24, 2.45) is 0 Å². The molecule has 1 amide bonds. The average molecular weight is 306 g/mol. The Morgan fingerprint density at radius 3 is 2.67 bits per heavy atom. The number of thiophene rings is 1. The smallest absolute Gasteiger partial charge is 0.261 e. The second kappa shape index (κ2) is 6.93. The second-order valence-electron chi connectivity index (χ2n) is 6.52. The van der Waals surface area contributed by atoms with E-state index in [2.05, 4.69) is 23.3 Å². The molecular weight excluding hydrogens is 280 g/mol. The summed E-state index contributed by atoms with van der Waals surface area (Å²) in [5.74, 6) is 0.154. The van der Waals surface area contributed by atoms with Gasteiger partial charge in [-0.1, -0.05) is 12.8 Å². The molecule has 3 rings (SSSR count). The van der Waals surface area contributed by atoms with Crippen molar-refractivity contribution in [3.8, 4) is 0 Å². The first-order valence-electron chi connectivity index (χ1n) is 8.33. The van der Waals surface area contributed by atoms with Gasteiger partial charge in [0.15, 0.2) is 0 Å². The molecule has 1 fully saturated rings. The van der Waals surface area contributed by atoms with Gasteiger partial charge in [0.1, 0.15) is 0 Å². The number of likely N-dealkylation sites (tertiary alicyclic amines) is 1. The molecule has 0 saturated carbocycles. The molecule has 1 saturated heterocycles. The van der Waals surface area contributed by atoms with E-state index in [9.17, 15) is 4.79 Å². The van der Waals surface area contributed by atoms with Crippen LogP contribution in [0.25, 0.3) is 0 Å². The van der Waals surface area contributed by atoms with Crippen molar-refractivity contribution in [1.29, 1.82) is 0 Å². The summed E-state index contributed by atoms with van der Waals surface area (Å²) in [5.41, 5.74) is 1.44. The molecule has 0 radical (unpaired) electrons.